The third kappa shape index (κ3) is 6.10. The SMILES string of the molecule is C[C@@H]1CN(C(=O)OC(C)(C)C)C[C@H]1O.C[C@@H]1CN(C)C[C@H]1O. The Bertz CT molecular complexity index is 350. The Hall–Kier alpha value is -0.850. The van der Waals surface area contributed by atoms with E-state index in [0.29, 0.717) is 19.0 Å². The molecule has 0 aliphatic carbocycles. The number of likely N-dealkylation sites (tertiary alicyclic amines) is 2. The summed E-state index contributed by atoms with van der Waals surface area (Å²) in [6.07, 6.45) is -0.830. The Morgan fingerprint density at radius 1 is 1.00 bits per heavy atom. The standard InChI is InChI=1S/C10H19NO3.C6H13NO/c1-7-5-11(6-8(7)12)9(13)14-10(2,3)4;1-5-3-7(2)4-6(5)8/h7-8,12H,5-6H2,1-4H3;5-6,8H,3-4H2,1-2H3/t7-,8-;5-,6-/m11/s1. The summed E-state index contributed by atoms with van der Waals surface area (Å²) < 4.78 is 5.19. The van der Waals surface area contributed by atoms with Crippen LogP contribution in [-0.2, 0) is 4.74 Å². The molecule has 2 aliphatic rings. The highest BCUT2D eigenvalue weighted by Crippen LogP contribution is 2.19. The van der Waals surface area contributed by atoms with Crippen molar-refractivity contribution in [1.82, 2.24) is 9.80 Å². The van der Waals surface area contributed by atoms with E-state index in [-0.39, 0.29) is 18.1 Å². The molecule has 2 N–H and O–H groups in total. The zero-order chi connectivity index (χ0) is 17.1. The molecule has 6 nitrogen and oxygen atoms in total. The van der Waals surface area contributed by atoms with Gasteiger partial charge in [-0.2, -0.15) is 0 Å². The minimum Gasteiger partial charge on any atom is -0.444 e. The van der Waals surface area contributed by atoms with Gasteiger partial charge in [0.2, 0.25) is 0 Å². The number of amides is 1. The van der Waals surface area contributed by atoms with Crippen LogP contribution in [0.4, 0.5) is 4.79 Å². The van der Waals surface area contributed by atoms with Crippen LogP contribution in [0, 0.1) is 11.8 Å². The van der Waals surface area contributed by atoms with Crippen molar-refractivity contribution >= 4 is 6.09 Å². The largest absolute Gasteiger partial charge is 0.444 e. The number of aliphatic hydroxyl groups is 2. The predicted molar refractivity (Wildman–Crippen MR) is 85.6 cm³/mol. The van der Waals surface area contributed by atoms with Crippen LogP contribution in [0.1, 0.15) is 34.6 Å². The third-order valence-corrected chi connectivity index (χ3v) is 3.98. The van der Waals surface area contributed by atoms with Gasteiger partial charge in [0.25, 0.3) is 0 Å². The summed E-state index contributed by atoms with van der Waals surface area (Å²) in [5.74, 6) is 0.613. The molecule has 6 heteroatoms. The van der Waals surface area contributed by atoms with Gasteiger partial charge in [-0.05, 0) is 33.7 Å². The molecule has 2 fully saturated rings. The Morgan fingerprint density at radius 3 is 1.77 bits per heavy atom. The second-order valence-corrected chi connectivity index (χ2v) is 7.70. The summed E-state index contributed by atoms with van der Waals surface area (Å²) in [5, 5.41) is 18.6. The minimum atomic E-state index is -0.464. The lowest BCUT2D eigenvalue weighted by Crippen LogP contribution is -2.35. The number of carbonyl (C=O) groups is 1. The average molecular weight is 316 g/mol. The van der Waals surface area contributed by atoms with Crippen molar-refractivity contribution in [1.29, 1.82) is 0 Å². The summed E-state index contributed by atoms with van der Waals surface area (Å²) in [6, 6.07) is 0. The zero-order valence-electron chi connectivity index (χ0n) is 14.7. The first-order valence-electron chi connectivity index (χ1n) is 8.02. The maximum Gasteiger partial charge on any atom is 0.410 e. The van der Waals surface area contributed by atoms with Crippen LogP contribution in [0.3, 0.4) is 0 Å². The molecule has 0 aromatic carbocycles. The molecular formula is C16H32N2O4. The highest BCUT2D eigenvalue weighted by atomic mass is 16.6. The van der Waals surface area contributed by atoms with Gasteiger partial charge in [-0.15, -0.1) is 0 Å². The topological polar surface area (TPSA) is 73.2 Å². The Kier molecular flexibility index (Phi) is 6.65. The van der Waals surface area contributed by atoms with Crippen molar-refractivity contribution < 1.29 is 19.7 Å². The first kappa shape index (κ1) is 19.2. The first-order chi connectivity index (χ1) is 9.99. The van der Waals surface area contributed by atoms with E-state index >= 15 is 0 Å². The molecule has 0 saturated carbocycles. The van der Waals surface area contributed by atoms with E-state index in [9.17, 15) is 9.90 Å². The van der Waals surface area contributed by atoms with Gasteiger partial charge in [0.15, 0.2) is 0 Å². The van der Waals surface area contributed by atoms with E-state index in [4.69, 9.17) is 9.84 Å². The molecule has 2 heterocycles. The zero-order valence-corrected chi connectivity index (χ0v) is 14.7. The quantitative estimate of drug-likeness (QED) is 0.702. The van der Waals surface area contributed by atoms with Crippen molar-refractivity contribution in [3.05, 3.63) is 0 Å². The number of hydrogen-bond donors (Lipinski definition) is 2. The summed E-state index contributed by atoms with van der Waals surface area (Å²) >= 11 is 0. The molecule has 2 rings (SSSR count). The van der Waals surface area contributed by atoms with Crippen LogP contribution in [0.25, 0.3) is 0 Å². The van der Waals surface area contributed by atoms with Gasteiger partial charge < -0.3 is 24.7 Å². The lowest BCUT2D eigenvalue weighted by atomic mass is 10.1. The molecule has 0 radical (unpaired) electrons. The number of aliphatic hydroxyl groups excluding tert-OH is 2. The molecule has 1 amide bonds. The van der Waals surface area contributed by atoms with Gasteiger partial charge in [0.05, 0.1) is 18.8 Å². The van der Waals surface area contributed by atoms with Crippen LogP contribution in [0.5, 0.6) is 0 Å². The molecule has 0 aromatic rings. The lowest BCUT2D eigenvalue weighted by molar-refractivity contribution is 0.0270. The summed E-state index contributed by atoms with van der Waals surface area (Å²) in [4.78, 5) is 15.2. The highest BCUT2D eigenvalue weighted by molar-refractivity contribution is 5.68. The number of carbonyl (C=O) groups excluding carboxylic acids is 1. The highest BCUT2D eigenvalue weighted by Gasteiger charge is 2.33. The number of rotatable bonds is 0. The summed E-state index contributed by atoms with van der Waals surface area (Å²) in [6.45, 7) is 12.4. The fourth-order valence-corrected chi connectivity index (χ4v) is 2.61. The lowest BCUT2D eigenvalue weighted by Gasteiger charge is -2.24. The normalized spacial score (nSPS) is 32.6. The fourth-order valence-electron chi connectivity index (χ4n) is 2.61. The number of ether oxygens (including phenoxy) is 1. The second kappa shape index (κ2) is 7.62. The van der Waals surface area contributed by atoms with Crippen molar-refractivity contribution in [2.45, 2.75) is 52.4 Å². The molecule has 2 aliphatic heterocycles. The molecule has 0 aromatic heterocycles. The molecule has 22 heavy (non-hydrogen) atoms. The van der Waals surface area contributed by atoms with Gasteiger partial charge in [0, 0.05) is 25.6 Å². The van der Waals surface area contributed by atoms with E-state index in [1.807, 2.05) is 34.7 Å². The number of likely N-dealkylation sites (N-methyl/N-ethyl adjacent to an activating group) is 1. The summed E-state index contributed by atoms with van der Waals surface area (Å²) in [5.41, 5.74) is -0.464. The van der Waals surface area contributed by atoms with Crippen LogP contribution < -0.4 is 0 Å². The second-order valence-electron chi connectivity index (χ2n) is 7.70. The fraction of sp³-hybridized carbons (Fsp3) is 0.938. The Labute approximate surface area is 134 Å². The smallest absolute Gasteiger partial charge is 0.410 e. The molecule has 0 bridgehead atoms. The van der Waals surface area contributed by atoms with Gasteiger partial charge in [0.1, 0.15) is 5.60 Å². The van der Waals surface area contributed by atoms with Crippen LogP contribution in [0.2, 0.25) is 0 Å². The van der Waals surface area contributed by atoms with Crippen molar-refractivity contribution in [3.8, 4) is 0 Å². The van der Waals surface area contributed by atoms with Crippen LogP contribution in [0.15, 0.2) is 0 Å². The number of hydrogen-bond acceptors (Lipinski definition) is 5. The van der Waals surface area contributed by atoms with Crippen molar-refractivity contribution in [3.63, 3.8) is 0 Å². The minimum absolute atomic E-state index is 0.0833. The van der Waals surface area contributed by atoms with E-state index in [1.165, 1.54) is 0 Å². The first-order valence-corrected chi connectivity index (χ1v) is 8.02. The maximum atomic E-state index is 11.5. The third-order valence-electron chi connectivity index (χ3n) is 3.98. The molecule has 130 valence electrons. The molecule has 0 unspecified atom stereocenters. The van der Waals surface area contributed by atoms with Crippen LogP contribution in [-0.4, -0.2) is 77.1 Å². The maximum absolute atomic E-state index is 11.5. The summed E-state index contributed by atoms with van der Waals surface area (Å²) in [7, 11) is 2.03. The van der Waals surface area contributed by atoms with E-state index < -0.39 is 11.7 Å². The van der Waals surface area contributed by atoms with Gasteiger partial charge in [-0.3, -0.25) is 0 Å². The predicted octanol–water partition coefficient (Wildman–Crippen LogP) is 1.16. The Balaban J connectivity index is 0.000000255. The van der Waals surface area contributed by atoms with Crippen LogP contribution >= 0.6 is 0 Å². The van der Waals surface area contributed by atoms with E-state index in [1.54, 1.807) is 4.90 Å². The van der Waals surface area contributed by atoms with Crippen molar-refractivity contribution in [2.24, 2.45) is 11.8 Å². The monoisotopic (exact) mass is 316 g/mol. The molecule has 4 atom stereocenters. The van der Waals surface area contributed by atoms with Crippen molar-refractivity contribution in [2.75, 3.05) is 33.2 Å². The molecular weight excluding hydrogens is 284 g/mol. The van der Waals surface area contributed by atoms with Gasteiger partial charge in [-0.25, -0.2) is 4.79 Å². The van der Waals surface area contributed by atoms with Gasteiger partial charge >= 0.3 is 6.09 Å². The number of β-amino-alcohol motifs (C(OH)–C–C–N with tert-alkyl or cyclic N) is 2. The molecule has 0 spiro atoms. The number of nitrogens with zero attached hydrogens (tertiary/aromatic N) is 2. The molecule has 2 saturated heterocycles. The van der Waals surface area contributed by atoms with E-state index in [2.05, 4.69) is 11.8 Å². The average Bonchev–Trinajstić information content (AvgIpc) is 2.81. The Morgan fingerprint density at radius 2 is 1.50 bits per heavy atom. The van der Waals surface area contributed by atoms with Gasteiger partial charge in [-0.1, -0.05) is 13.8 Å². The van der Waals surface area contributed by atoms with E-state index in [0.717, 1.165) is 13.1 Å².